The second-order valence-corrected chi connectivity index (χ2v) is 5.48. The Morgan fingerprint density at radius 2 is 1.67 bits per heavy atom. The Kier molecular flexibility index (Phi) is 3.92. The van der Waals surface area contributed by atoms with Gasteiger partial charge in [-0.15, -0.1) is 0 Å². The van der Waals surface area contributed by atoms with E-state index < -0.39 is 0 Å². The van der Waals surface area contributed by atoms with Crippen molar-refractivity contribution in [2.24, 2.45) is 5.10 Å². The first-order valence-electron chi connectivity index (χ1n) is 6.50. The van der Waals surface area contributed by atoms with Crippen molar-refractivity contribution in [3.8, 4) is 0 Å². The molecule has 1 heterocycles. The zero-order chi connectivity index (χ0) is 14.7. The molecule has 0 amide bonds. The third-order valence-electron chi connectivity index (χ3n) is 3.00. The van der Waals surface area contributed by atoms with Crippen LogP contribution in [0.4, 0.5) is 5.82 Å². The summed E-state index contributed by atoms with van der Waals surface area (Å²) in [5.74, 6) is 0.669. The average molecular weight is 341 g/mol. The van der Waals surface area contributed by atoms with E-state index in [4.69, 9.17) is 0 Å². The van der Waals surface area contributed by atoms with Gasteiger partial charge in [0.25, 0.3) is 0 Å². The molecule has 0 bridgehead atoms. The van der Waals surface area contributed by atoms with Crippen molar-refractivity contribution in [2.45, 2.75) is 6.92 Å². The van der Waals surface area contributed by atoms with Gasteiger partial charge in [-0.2, -0.15) is 5.10 Å². The SMILES string of the molecule is Cc1nc2ccccc2nc1N/N=C\c1ccc(Br)cc1. The molecule has 0 radical (unpaired) electrons. The van der Waals surface area contributed by atoms with E-state index in [1.54, 1.807) is 6.21 Å². The molecule has 3 rings (SSSR count). The Hall–Kier alpha value is -2.27. The van der Waals surface area contributed by atoms with Crippen LogP contribution in [0.1, 0.15) is 11.3 Å². The molecule has 1 N–H and O–H groups in total. The van der Waals surface area contributed by atoms with Crippen molar-refractivity contribution in [1.82, 2.24) is 9.97 Å². The summed E-state index contributed by atoms with van der Waals surface area (Å²) in [7, 11) is 0. The summed E-state index contributed by atoms with van der Waals surface area (Å²) in [6, 6.07) is 15.7. The van der Waals surface area contributed by atoms with Gasteiger partial charge in [-0.1, -0.05) is 40.2 Å². The molecule has 0 saturated carbocycles. The Morgan fingerprint density at radius 1 is 1.00 bits per heavy atom. The molecule has 0 aliphatic rings. The number of anilines is 1. The molecule has 4 nitrogen and oxygen atoms in total. The lowest BCUT2D eigenvalue weighted by Crippen LogP contribution is -1.99. The first-order valence-corrected chi connectivity index (χ1v) is 7.30. The van der Waals surface area contributed by atoms with Gasteiger partial charge in [-0.25, -0.2) is 9.97 Å². The minimum Gasteiger partial charge on any atom is -0.260 e. The molecule has 0 saturated heterocycles. The third kappa shape index (κ3) is 3.25. The standard InChI is InChI=1S/C16H13BrN4/c1-11-16(20-15-5-3-2-4-14(15)19-11)21-18-10-12-6-8-13(17)9-7-12/h2-10H,1H3,(H,20,21)/b18-10-. The van der Waals surface area contributed by atoms with E-state index in [-0.39, 0.29) is 0 Å². The van der Waals surface area contributed by atoms with Gasteiger partial charge < -0.3 is 0 Å². The third-order valence-corrected chi connectivity index (χ3v) is 3.53. The number of hydrogen-bond donors (Lipinski definition) is 1. The van der Waals surface area contributed by atoms with Crippen molar-refractivity contribution >= 4 is 39.0 Å². The number of nitrogens with zero attached hydrogens (tertiary/aromatic N) is 3. The Bertz CT molecular complexity index is 797. The van der Waals surface area contributed by atoms with Gasteiger partial charge in [0.15, 0.2) is 5.82 Å². The first kappa shape index (κ1) is 13.7. The summed E-state index contributed by atoms with van der Waals surface area (Å²) < 4.78 is 1.05. The fourth-order valence-electron chi connectivity index (χ4n) is 1.91. The van der Waals surface area contributed by atoms with Crippen LogP contribution in [0.3, 0.4) is 0 Å². The predicted molar refractivity (Wildman–Crippen MR) is 89.6 cm³/mol. The number of halogens is 1. The molecule has 2 aromatic carbocycles. The molecular weight excluding hydrogens is 328 g/mol. The number of para-hydroxylation sites is 2. The number of benzene rings is 2. The summed E-state index contributed by atoms with van der Waals surface area (Å²) in [6.45, 7) is 1.91. The molecule has 0 aliphatic heterocycles. The zero-order valence-corrected chi connectivity index (χ0v) is 13.0. The molecule has 0 spiro atoms. The fraction of sp³-hybridized carbons (Fsp3) is 0.0625. The van der Waals surface area contributed by atoms with E-state index in [0.717, 1.165) is 26.8 Å². The van der Waals surface area contributed by atoms with E-state index in [2.05, 4.69) is 36.4 Å². The second-order valence-electron chi connectivity index (χ2n) is 4.57. The lowest BCUT2D eigenvalue weighted by atomic mass is 10.2. The van der Waals surface area contributed by atoms with Crippen LogP contribution in [-0.4, -0.2) is 16.2 Å². The van der Waals surface area contributed by atoms with Gasteiger partial charge in [0.2, 0.25) is 0 Å². The molecule has 1 aromatic heterocycles. The highest BCUT2D eigenvalue weighted by atomic mass is 79.9. The maximum atomic E-state index is 4.53. The first-order chi connectivity index (χ1) is 10.2. The maximum Gasteiger partial charge on any atom is 0.168 e. The summed E-state index contributed by atoms with van der Waals surface area (Å²) >= 11 is 3.40. The van der Waals surface area contributed by atoms with Gasteiger partial charge in [0.1, 0.15) is 0 Å². The zero-order valence-electron chi connectivity index (χ0n) is 11.4. The van der Waals surface area contributed by atoms with Crippen LogP contribution in [0.2, 0.25) is 0 Å². The highest BCUT2D eigenvalue weighted by Crippen LogP contribution is 2.15. The highest BCUT2D eigenvalue weighted by molar-refractivity contribution is 9.10. The number of aromatic nitrogens is 2. The normalized spacial score (nSPS) is 11.1. The van der Waals surface area contributed by atoms with Gasteiger partial charge in [0, 0.05) is 4.47 Å². The van der Waals surface area contributed by atoms with E-state index in [0.29, 0.717) is 5.82 Å². The number of fused-ring (bicyclic) bond motifs is 1. The minimum absolute atomic E-state index is 0.669. The van der Waals surface area contributed by atoms with Crippen LogP contribution in [-0.2, 0) is 0 Å². The summed E-state index contributed by atoms with van der Waals surface area (Å²) in [5.41, 5.74) is 6.52. The van der Waals surface area contributed by atoms with Crippen molar-refractivity contribution in [3.63, 3.8) is 0 Å². The van der Waals surface area contributed by atoms with Gasteiger partial charge in [-0.05, 0) is 36.8 Å². The topological polar surface area (TPSA) is 50.2 Å². The van der Waals surface area contributed by atoms with Crippen molar-refractivity contribution < 1.29 is 0 Å². The van der Waals surface area contributed by atoms with E-state index >= 15 is 0 Å². The van der Waals surface area contributed by atoms with E-state index in [1.165, 1.54) is 0 Å². The smallest absolute Gasteiger partial charge is 0.168 e. The van der Waals surface area contributed by atoms with Crippen molar-refractivity contribution in [2.75, 3.05) is 5.43 Å². The second kappa shape index (κ2) is 6.01. The van der Waals surface area contributed by atoms with Crippen LogP contribution < -0.4 is 5.43 Å². The number of hydrogen-bond acceptors (Lipinski definition) is 4. The number of hydrazone groups is 1. The Labute approximate surface area is 131 Å². The molecular formula is C16H13BrN4. The number of aryl methyl sites for hydroxylation is 1. The maximum absolute atomic E-state index is 4.53. The molecule has 0 unspecified atom stereocenters. The van der Waals surface area contributed by atoms with Crippen LogP contribution in [0.15, 0.2) is 58.1 Å². The largest absolute Gasteiger partial charge is 0.260 e. The van der Waals surface area contributed by atoms with Crippen molar-refractivity contribution in [3.05, 3.63) is 64.3 Å². The van der Waals surface area contributed by atoms with E-state index in [9.17, 15) is 0 Å². The van der Waals surface area contributed by atoms with Crippen LogP contribution in [0, 0.1) is 6.92 Å². The molecule has 0 aliphatic carbocycles. The van der Waals surface area contributed by atoms with Gasteiger partial charge in [0.05, 0.1) is 22.9 Å². The minimum atomic E-state index is 0.669. The van der Waals surface area contributed by atoms with Crippen molar-refractivity contribution in [1.29, 1.82) is 0 Å². The fourth-order valence-corrected chi connectivity index (χ4v) is 2.18. The quantitative estimate of drug-likeness (QED) is 0.575. The Morgan fingerprint density at radius 3 is 2.38 bits per heavy atom. The monoisotopic (exact) mass is 340 g/mol. The number of nitrogens with one attached hydrogen (secondary N) is 1. The summed E-state index contributed by atoms with van der Waals surface area (Å²) in [4.78, 5) is 9.03. The lowest BCUT2D eigenvalue weighted by molar-refractivity contribution is 1.15. The van der Waals surface area contributed by atoms with Crippen LogP contribution in [0.5, 0.6) is 0 Å². The number of rotatable bonds is 3. The predicted octanol–water partition coefficient (Wildman–Crippen LogP) is 4.15. The lowest BCUT2D eigenvalue weighted by Gasteiger charge is -2.05. The molecule has 0 atom stereocenters. The van der Waals surface area contributed by atoms with Gasteiger partial charge in [-0.3, -0.25) is 5.43 Å². The molecule has 104 valence electrons. The summed E-state index contributed by atoms with van der Waals surface area (Å²) in [5, 5.41) is 4.22. The average Bonchev–Trinajstić information content (AvgIpc) is 2.50. The van der Waals surface area contributed by atoms with Gasteiger partial charge >= 0.3 is 0 Å². The molecule has 21 heavy (non-hydrogen) atoms. The molecule has 0 fully saturated rings. The van der Waals surface area contributed by atoms with Crippen LogP contribution >= 0.6 is 15.9 Å². The molecule has 5 heteroatoms. The summed E-state index contributed by atoms with van der Waals surface area (Å²) in [6.07, 6.45) is 1.75. The van der Waals surface area contributed by atoms with Crippen LogP contribution in [0.25, 0.3) is 11.0 Å². The van der Waals surface area contributed by atoms with E-state index in [1.807, 2.05) is 55.5 Å². The molecule has 3 aromatic rings. The Balaban J connectivity index is 1.81. The highest BCUT2D eigenvalue weighted by Gasteiger charge is 2.03.